The Morgan fingerprint density at radius 3 is 2.39 bits per heavy atom. The molecule has 0 N–H and O–H groups in total. The normalized spacial score (nSPS) is 22.8. The predicted octanol–water partition coefficient (Wildman–Crippen LogP) is 0.922. The molecule has 0 unspecified atom stereocenters. The zero-order valence-corrected chi connectivity index (χ0v) is 11.4. The first-order chi connectivity index (χ1) is 9.18. The van der Waals surface area contributed by atoms with Gasteiger partial charge in [0.25, 0.3) is 0 Å². The molecule has 1 aromatic heterocycles. The molecule has 0 aromatic carbocycles. The molecular formula is C12H19BN2O3. The molecule has 1 aromatic rings. The summed E-state index contributed by atoms with van der Waals surface area (Å²) in [6.07, 6.45) is -0.0703. The van der Waals surface area contributed by atoms with E-state index in [1.807, 2.05) is 27.7 Å². The van der Waals surface area contributed by atoms with Crippen molar-refractivity contribution in [2.45, 2.75) is 45.5 Å². The number of nitrogens with zero attached hydrogens (tertiary/aromatic N) is 2. The maximum atomic E-state index is 7.94. The number of rotatable bonds is 3. The third-order valence-electron chi connectivity index (χ3n) is 3.37. The van der Waals surface area contributed by atoms with E-state index < -0.39 is 18.3 Å². The molecule has 98 valence electrons. The maximum Gasteiger partial charge on any atom is 0.516 e. The Bertz CT molecular complexity index is 510. The van der Waals surface area contributed by atoms with E-state index in [1.54, 1.807) is 0 Å². The van der Waals surface area contributed by atoms with Crippen molar-refractivity contribution in [3.63, 3.8) is 0 Å². The number of aromatic nitrogens is 2. The van der Waals surface area contributed by atoms with Gasteiger partial charge in [-0.1, -0.05) is 0 Å². The lowest BCUT2D eigenvalue weighted by Gasteiger charge is -2.32. The topological polar surface area (TPSA) is 53.5 Å². The number of ether oxygens (including phenoxy) is 1. The Hall–Kier alpha value is -0.975. The lowest BCUT2D eigenvalue weighted by molar-refractivity contribution is 0.00578. The van der Waals surface area contributed by atoms with Crippen LogP contribution in [-0.4, -0.2) is 35.4 Å². The lowest BCUT2D eigenvalue weighted by atomic mass is 9.85. The highest BCUT2D eigenvalue weighted by molar-refractivity contribution is 6.61. The van der Waals surface area contributed by atoms with Gasteiger partial charge in [-0.05, 0) is 27.7 Å². The van der Waals surface area contributed by atoms with Crippen molar-refractivity contribution < 1.29 is 16.8 Å². The van der Waals surface area contributed by atoms with Crippen LogP contribution in [0.1, 0.15) is 36.1 Å². The molecule has 0 spiro atoms. The van der Waals surface area contributed by atoms with Crippen LogP contribution in [0.5, 0.6) is 0 Å². The third kappa shape index (κ3) is 2.41. The van der Waals surface area contributed by atoms with Crippen molar-refractivity contribution in [3.05, 3.63) is 18.0 Å². The van der Waals surface area contributed by atoms with Gasteiger partial charge >= 0.3 is 7.12 Å². The molecule has 2 heterocycles. The van der Waals surface area contributed by atoms with Gasteiger partial charge in [0.05, 0.1) is 38.0 Å². The molecule has 1 saturated heterocycles. The van der Waals surface area contributed by atoms with E-state index in [0.717, 1.165) is 0 Å². The first-order valence-corrected chi connectivity index (χ1v) is 5.86. The molecule has 1 aliphatic rings. The highest BCUT2D eigenvalue weighted by Crippen LogP contribution is 2.36. The molecule has 6 heteroatoms. The fourth-order valence-electron chi connectivity index (χ4n) is 1.56. The van der Waals surface area contributed by atoms with E-state index in [0.29, 0.717) is 5.69 Å². The molecule has 0 bridgehead atoms. The van der Waals surface area contributed by atoms with Crippen LogP contribution in [0.4, 0.5) is 0 Å². The predicted molar refractivity (Wildman–Crippen MR) is 68.5 cm³/mol. The van der Waals surface area contributed by atoms with Crippen LogP contribution in [0.3, 0.4) is 0 Å². The molecule has 0 radical (unpaired) electrons. The highest BCUT2D eigenvalue weighted by atomic mass is 16.7. The summed E-state index contributed by atoms with van der Waals surface area (Å²) in [4.78, 5) is 8.13. The molecule has 0 aliphatic carbocycles. The Kier molecular flexibility index (Phi) is 2.79. The van der Waals surface area contributed by atoms with Crippen LogP contribution in [-0.2, 0) is 20.7 Å². The second-order valence-corrected chi connectivity index (χ2v) is 5.30. The molecular weight excluding hydrogens is 231 g/mol. The van der Waals surface area contributed by atoms with E-state index in [-0.39, 0.29) is 24.5 Å². The van der Waals surface area contributed by atoms with E-state index in [9.17, 15) is 0 Å². The van der Waals surface area contributed by atoms with Crippen molar-refractivity contribution in [1.82, 2.24) is 9.97 Å². The van der Waals surface area contributed by atoms with Crippen molar-refractivity contribution in [2.75, 3.05) is 7.11 Å². The maximum absolute atomic E-state index is 7.94. The quantitative estimate of drug-likeness (QED) is 0.749. The zero-order valence-electron chi connectivity index (χ0n) is 13.4. The average molecular weight is 252 g/mol. The Balaban J connectivity index is 2.34. The van der Waals surface area contributed by atoms with Crippen LogP contribution >= 0.6 is 0 Å². The summed E-state index contributed by atoms with van der Waals surface area (Å²) >= 11 is 0. The van der Waals surface area contributed by atoms with Gasteiger partial charge in [-0.2, -0.15) is 0 Å². The minimum atomic E-state index is -0.777. The van der Waals surface area contributed by atoms with Crippen LogP contribution in [0.15, 0.2) is 12.3 Å². The van der Waals surface area contributed by atoms with Gasteiger partial charge in [-0.3, -0.25) is 9.97 Å². The molecule has 5 nitrogen and oxygen atoms in total. The molecule has 1 fully saturated rings. The number of methoxy groups -OCH3 is 1. The molecule has 18 heavy (non-hydrogen) atoms. The van der Waals surface area contributed by atoms with Crippen molar-refractivity contribution >= 4 is 12.7 Å². The summed E-state index contributed by atoms with van der Waals surface area (Å²) in [5, 5.41) is 0. The third-order valence-corrected chi connectivity index (χ3v) is 3.37. The molecule has 1 aliphatic heterocycles. The molecule has 0 amide bonds. The van der Waals surface area contributed by atoms with Gasteiger partial charge in [0.15, 0.2) is 0 Å². The smallest absolute Gasteiger partial charge is 0.398 e. The van der Waals surface area contributed by atoms with Crippen LogP contribution in [0, 0.1) is 0 Å². The first kappa shape index (κ1) is 10.9. The van der Waals surface area contributed by atoms with Crippen molar-refractivity contribution in [1.29, 1.82) is 0 Å². The van der Waals surface area contributed by atoms with E-state index in [2.05, 4.69) is 9.97 Å². The average Bonchev–Trinajstić information content (AvgIpc) is 2.53. The van der Waals surface area contributed by atoms with Gasteiger partial charge in [0.2, 0.25) is 0 Å². The second kappa shape index (κ2) is 4.61. The fraction of sp³-hybridized carbons (Fsp3) is 0.667. The Morgan fingerprint density at radius 2 is 1.83 bits per heavy atom. The monoisotopic (exact) mass is 252 g/mol. The standard InChI is InChI=1S/C12H19BN2O3/c1-11(2)12(3,4)18-13(17-11)10-7-14-9(6-15-10)8-16-5/h6-7H,8H2,1-5H3/i6D,7D. The van der Waals surface area contributed by atoms with Gasteiger partial charge in [-0.15, -0.1) is 0 Å². The van der Waals surface area contributed by atoms with Crippen molar-refractivity contribution in [2.24, 2.45) is 0 Å². The van der Waals surface area contributed by atoms with Crippen LogP contribution in [0.25, 0.3) is 0 Å². The first-order valence-electron chi connectivity index (χ1n) is 6.86. The van der Waals surface area contributed by atoms with Gasteiger partial charge in [-0.25, -0.2) is 0 Å². The highest BCUT2D eigenvalue weighted by Gasteiger charge is 2.52. The van der Waals surface area contributed by atoms with Crippen LogP contribution in [0.2, 0.25) is 0 Å². The zero-order chi connectivity index (χ0) is 15.1. The molecule has 2 rings (SSSR count). The Morgan fingerprint density at radius 1 is 1.22 bits per heavy atom. The van der Waals surface area contributed by atoms with Gasteiger partial charge < -0.3 is 14.0 Å². The van der Waals surface area contributed by atoms with E-state index in [4.69, 9.17) is 16.8 Å². The summed E-state index contributed by atoms with van der Waals surface area (Å²) in [7, 11) is 0.730. The molecule has 0 saturated carbocycles. The summed E-state index contributed by atoms with van der Waals surface area (Å²) in [5.41, 5.74) is -0.468. The number of hydrogen-bond donors (Lipinski definition) is 0. The summed E-state index contributed by atoms with van der Waals surface area (Å²) in [6.45, 7) is 7.84. The van der Waals surface area contributed by atoms with Crippen LogP contribution < -0.4 is 5.59 Å². The second-order valence-electron chi connectivity index (χ2n) is 5.30. The van der Waals surface area contributed by atoms with E-state index in [1.165, 1.54) is 7.11 Å². The largest absolute Gasteiger partial charge is 0.516 e. The summed E-state index contributed by atoms with van der Waals surface area (Å²) < 4.78 is 32.3. The summed E-state index contributed by atoms with van der Waals surface area (Å²) in [5.74, 6) is 0. The van der Waals surface area contributed by atoms with Gasteiger partial charge in [0, 0.05) is 13.3 Å². The fourth-order valence-corrected chi connectivity index (χ4v) is 1.56. The minimum absolute atomic E-state index is 0.0208. The lowest BCUT2D eigenvalue weighted by Crippen LogP contribution is -2.41. The Labute approximate surface area is 111 Å². The summed E-state index contributed by atoms with van der Waals surface area (Å²) in [6, 6.07) is 0. The molecule has 0 atom stereocenters. The van der Waals surface area contributed by atoms with Gasteiger partial charge in [0.1, 0.15) is 0 Å². The minimum Gasteiger partial charge on any atom is -0.398 e. The SMILES string of the molecule is [2H]c1nc(B2OC(C)(C)C(C)(C)O2)c([2H])nc1COC. The van der Waals surface area contributed by atoms with Crippen molar-refractivity contribution in [3.8, 4) is 0 Å². The van der Waals surface area contributed by atoms with E-state index >= 15 is 0 Å². The number of hydrogen-bond acceptors (Lipinski definition) is 5.